The fourth-order valence-electron chi connectivity index (χ4n) is 4.18. The maximum atomic E-state index is 13.1. The van der Waals surface area contributed by atoms with Crippen molar-refractivity contribution in [2.24, 2.45) is 0 Å². The van der Waals surface area contributed by atoms with Gasteiger partial charge in [-0.2, -0.15) is 0 Å². The number of carbonyl (C=O) groups is 1. The average Bonchev–Trinajstić information content (AvgIpc) is 3.14. The number of fused-ring (bicyclic) bond motifs is 2. The molecule has 30 heavy (non-hydrogen) atoms. The second kappa shape index (κ2) is 6.38. The Hall–Kier alpha value is -3.23. The van der Waals surface area contributed by atoms with Crippen LogP contribution in [0.4, 0.5) is 5.69 Å². The summed E-state index contributed by atoms with van der Waals surface area (Å²) < 4.78 is 1.82. The Labute approximate surface area is 176 Å². The van der Waals surface area contributed by atoms with Gasteiger partial charge in [-0.05, 0) is 48.2 Å². The van der Waals surface area contributed by atoms with E-state index in [0.29, 0.717) is 16.1 Å². The van der Waals surface area contributed by atoms with Crippen molar-refractivity contribution in [3.05, 3.63) is 70.3 Å². The third-order valence-electron chi connectivity index (χ3n) is 5.92. The van der Waals surface area contributed by atoms with Gasteiger partial charge in [-0.1, -0.05) is 22.9 Å². The highest BCUT2D eigenvalue weighted by Crippen LogP contribution is 2.48. The van der Waals surface area contributed by atoms with Gasteiger partial charge in [0.15, 0.2) is 0 Å². The van der Waals surface area contributed by atoms with Crippen LogP contribution >= 0.6 is 11.6 Å². The number of H-pyrrole nitrogens is 1. The Morgan fingerprint density at radius 3 is 2.83 bits per heavy atom. The van der Waals surface area contributed by atoms with Crippen molar-refractivity contribution in [1.29, 1.82) is 0 Å². The van der Waals surface area contributed by atoms with Gasteiger partial charge < -0.3 is 15.6 Å². The second-order valence-electron chi connectivity index (χ2n) is 7.86. The van der Waals surface area contributed by atoms with Crippen LogP contribution in [0.1, 0.15) is 40.2 Å². The summed E-state index contributed by atoms with van der Waals surface area (Å²) in [6.07, 6.45) is 5.32. The molecule has 2 aromatic heterocycles. The Morgan fingerprint density at radius 1 is 1.17 bits per heavy atom. The van der Waals surface area contributed by atoms with Crippen LogP contribution in [0.15, 0.2) is 42.7 Å². The molecule has 0 bridgehead atoms. The van der Waals surface area contributed by atoms with E-state index in [4.69, 9.17) is 16.6 Å². The monoisotopic (exact) mass is 419 g/mol. The van der Waals surface area contributed by atoms with Crippen molar-refractivity contribution in [1.82, 2.24) is 30.3 Å². The summed E-state index contributed by atoms with van der Waals surface area (Å²) in [6.45, 7) is 1.68. The van der Waals surface area contributed by atoms with Gasteiger partial charge >= 0.3 is 0 Å². The molecular formula is C21H18ClN7O. The molecule has 1 aliphatic carbocycles. The van der Waals surface area contributed by atoms with Crippen molar-refractivity contribution < 1.29 is 4.79 Å². The number of amides is 1. The molecule has 0 saturated heterocycles. The molecule has 9 heteroatoms. The number of nitrogens with zero attached hydrogens (tertiary/aromatic N) is 4. The number of imidazole rings is 1. The first-order valence-electron chi connectivity index (χ1n) is 9.83. The Morgan fingerprint density at radius 2 is 2.03 bits per heavy atom. The standard InChI is InChI=1S/C21H18ClN7O/c22-14-8-16(19(30)25-15-2-1-12-10-23-11-13(12)7-15)18-17(9-14)26-20(27-18)21(3-4-21)29-6-5-24-28-29/h1-2,5-9,23H,3-4,10-11H2,(H,25,30)(H,26,27). The zero-order valence-electron chi connectivity index (χ0n) is 15.9. The zero-order valence-corrected chi connectivity index (χ0v) is 16.7. The normalized spacial score (nSPS) is 16.6. The van der Waals surface area contributed by atoms with Crippen molar-refractivity contribution in [3.8, 4) is 0 Å². The quantitative estimate of drug-likeness (QED) is 0.471. The molecule has 150 valence electrons. The van der Waals surface area contributed by atoms with E-state index in [1.807, 2.05) is 29.1 Å². The first-order chi connectivity index (χ1) is 14.6. The van der Waals surface area contributed by atoms with Crippen LogP contribution in [0.2, 0.25) is 5.02 Å². The molecular weight excluding hydrogens is 402 g/mol. The van der Waals surface area contributed by atoms with Crippen LogP contribution < -0.4 is 10.6 Å². The topological polar surface area (TPSA) is 101 Å². The minimum atomic E-state index is -0.331. The van der Waals surface area contributed by atoms with Gasteiger partial charge in [-0.3, -0.25) is 4.79 Å². The van der Waals surface area contributed by atoms with E-state index in [1.54, 1.807) is 18.3 Å². The molecule has 6 rings (SSSR count). The summed E-state index contributed by atoms with van der Waals surface area (Å²) in [5.74, 6) is 0.528. The molecule has 1 amide bonds. The molecule has 0 radical (unpaired) electrons. The van der Waals surface area contributed by atoms with Crippen LogP contribution in [-0.4, -0.2) is 30.9 Å². The molecule has 4 aromatic rings. The first-order valence-corrected chi connectivity index (χ1v) is 10.2. The number of carbonyl (C=O) groups excluding carboxylic acids is 1. The van der Waals surface area contributed by atoms with Crippen LogP contribution in [-0.2, 0) is 18.6 Å². The summed E-state index contributed by atoms with van der Waals surface area (Å²) in [4.78, 5) is 21.3. The maximum Gasteiger partial charge on any atom is 0.257 e. The molecule has 3 heterocycles. The lowest BCUT2D eigenvalue weighted by Gasteiger charge is -2.11. The number of hydrogen-bond donors (Lipinski definition) is 3. The number of aromatic amines is 1. The van der Waals surface area contributed by atoms with E-state index in [-0.39, 0.29) is 11.4 Å². The first kappa shape index (κ1) is 17.6. The summed E-state index contributed by atoms with van der Waals surface area (Å²) in [6, 6.07) is 9.43. The highest BCUT2D eigenvalue weighted by molar-refractivity contribution is 6.32. The van der Waals surface area contributed by atoms with E-state index in [9.17, 15) is 4.79 Å². The lowest BCUT2D eigenvalue weighted by molar-refractivity contribution is 0.102. The van der Waals surface area contributed by atoms with E-state index in [1.165, 1.54) is 11.1 Å². The van der Waals surface area contributed by atoms with Gasteiger partial charge in [-0.25, -0.2) is 9.67 Å². The molecule has 0 spiro atoms. The van der Waals surface area contributed by atoms with Crippen molar-refractivity contribution in [2.45, 2.75) is 31.5 Å². The van der Waals surface area contributed by atoms with Crippen LogP contribution in [0.25, 0.3) is 11.0 Å². The van der Waals surface area contributed by atoms with Gasteiger partial charge in [0.25, 0.3) is 5.91 Å². The Balaban J connectivity index is 1.38. The van der Waals surface area contributed by atoms with Gasteiger partial charge in [0.2, 0.25) is 0 Å². The number of halogens is 1. The second-order valence-corrected chi connectivity index (χ2v) is 8.29. The lowest BCUT2D eigenvalue weighted by atomic mass is 10.1. The molecule has 8 nitrogen and oxygen atoms in total. The maximum absolute atomic E-state index is 13.1. The largest absolute Gasteiger partial charge is 0.340 e. The summed E-state index contributed by atoms with van der Waals surface area (Å²) in [7, 11) is 0. The molecule has 1 fully saturated rings. The minimum absolute atomic E-state index is 0.239. The molecule has 3 N–H and O–H groups in total. The van der Waals surface area contributed by atoms with Crippen molar-refractivity contribution in [2.75, 3.05) is 5.32 Å². The number of benzene rings is 2. The minimum Gasteiger partial charge on any atom is -0.340 e. The van der Waals surface area contributed by atoms with Gasteiger partial charge in [-0.15, -0.1) is 5.10 Å². The van der Waals surface area contributed by atoms with Crippen molar-refractivity contribution >= 4 is 34.2 Å². The SMILES string of the molecule is O=C(Nc1ccc2c(c1)CNC2)c1cc(Cl)cc2[nH]c(C3(n4ccnn4)CC3)nc12. The molecule has 2 aromatic carbocycles. The molecule has 1 aliphatic heterocycles. The molecule has 0 unspecified atom stereocenters. The van der Waals surface area contributed by atoms with E-state index in [2.05, 4.69) is 25.9 Å². The number of aromatic nitrogens is 5. The zero-order chi connectivity index (χ0) is 20.3. The molecule has 1 saturated carbocycles. The van der Waals surface area contributed by atoms with Crippen LogP contribution in [0, 0.1) is 0 Å². The van der Waals surface area contributed by atoms with Gasteiger partial charge in [0, 0.05) is 30.0 Å². The number of nitrogens with one attached hydrogen (secondary N) is 3. The highest BCUT2D eigenvalue weighted by Gasteiger charge is 2.50. The Bertz CT molecular complexity index is 1290. The summed E-state index contributed by atoms with van der Waals surface area (Å²) >= 11 is 6.32. The van der Waals surface area contributed by atoms with E-state index < -0.39 is 0 Å². The van der Waals surface area contributed by atoms with Crippen LogP contribution in [0.3, 0.4) is 0 Å². The number of anilines is 1. The highest BCUT2D eigenvalue weighted by atomic mass is 35.5. The van der Waals surface area contributed by atoms with E-state index >= 15 is 0 Å². The third-order valence-corrected chi connectivity index (χ3v) is 6.13. The average molecular weight is 420 g/mol. The smallest absolute Gasteiger partial charge is 0.257 e. The van der Waals surface area contributed by atoms with Gasteiger partial charge in [0.1, 0.15) is 16.9 Å². The predicted molar refractivity (Wildman–Crippen MR) is 112 cm³/mol. The summed E-state index contributed by atoms with van der Waals surface area (Å²) in [5, 5.41) is 14.9. The summed E-state index contributed by atoms with van der Waals surface area (Å²) in [5.41, 5.74) is 4.66. The number of hydrogen-bond acceptors (Lipinski definition) is 5. The van der Waals surface area contributed by atoms with Gasteiger partial charge in [0.05, 0.1) is 17.3 Å². The van der Waals surface area contributed by atoms with Crippen molar-refractivity contribution in [3.63, 3.8) is 0 Å². The Kier molecular flexibility index (Phi) is 3.75. The molecule has 0 atom stereocenters. The third kappa shape index (κ3) is 2.72. The number of rotatable bonds is 4. The van der Waals surface area contributed by atoms with Crippen LogP contribution in [0.5, 0.6) is 0 Å². The fraction of sp³-hybridized carbons (Fsp3) is 0.238. The fourth-order valence-corrected chi connectivity index (χ4v) is 4.39. The van der Waals surface area contributed by atoms with E-state index in [0.717, 1.165) is 43.0 Å². The predicted octanol–water partition coefficient (Wildman–Crippen LogP) is 3.20. The lowest BCUT2D eigenvalue weighted by Crippen LogP contribution is -2.21. The molecule has 2 aliphatic rings.